The molecule has 1 saturated heterocycles. The van der Waals surface area contributed by atoms with Crippen molar-refractivity contribution >= 4 is 10.0 Å². The zero-order valence-corrected chi connectivity index (χ0v) is 15.5. The van der Waals surface area contributed by atoms with Crippen LogP contribution in [0.2, 0.25) is 0 Å². The quantitative estimate of drug-likeness (QED) is 0.848. The summed E-state index contributed by atoms with van der Waals surface area (Å²) in [5.41, 5.74) is 0.156. The fraction of sp³-hybridized carbons (Fsp3) is 1.00. The molecule has 21 heavy (non-hydrogen) atoms. The van der Waals surface area contributed by atoms with Crippen LogP contribution in [0.3, 0.4) is 0 Å². The van der Waals surface area contributed by atoms with Crippen LogP contribution < -0.4 is 5.32 Å². The lowest BCUT2D eigenvalue weighted by molar-refractivity contribution is 0.244. The second-order valence-electron chi connectivity index (χ2n) is 8.62. The van der Waals surface area contributed by atoms with Crippen molar-refractivity contribution in [3.63, 3.8) is 0 Å². The molecule has 1 atom stereocenters. The van der Waals surface area contributed by atoms with E-state index in [9.17, 15) is 8.42 Å². The van der Waals surface area contributed by atoms with E-state index < -0.39 is 10.0 Å². The highest BCUT2D eigenvalue weighted by atomic mass is 32.2. The van der Waals surface area contributed by atoms with Crippen LogP contribution in [0.4, 0.5) is 0 Å². The average molecular weight is 319 g/mol. The fourth-order valence-electron chi connectivity index (χ4n) is 2.46. The number of nitrogens with zero attached hydrogens (tertiary/aromatic N) is 1. The lowest BCUT2D eigenvalue weighted by Crippen LogP contribution is -2.46. The molecule has 5 heteroatoms. The predicted molar refractivity (Wildman–Crippen MR) is 89.9 cm³/mol. The third-order valence-electron chi connectivity index (χ3n) is 3.91. The maximum Gasteiger partial charge on any atom is 0.214 e. The smallest absolute Gasteiger partial charge is 0.214 e. The first-order chi connectivity index (χ1) is 9.39. The summed E-state index contributed by atoms with van der Waals surface area (Å²) in [6.45, 7) is 15.0. The van der Waals surface area contributed by atoms with E-state index in [-0.39, 0.29) is 16.7 Å². The van der Waals surface area contributed by atoms with Crippen molar-refractivity contribution in [1.82, 2.24) is 9.62 Å². The van der Waals surface area contributed by atoms with Gasteiger partial charge in [0.15, 0.2) is 0 Å². The normalized spacial score (nSPS) is 22.5. The van der Waals surface area contributed by atoms with Gasteiger partial charge in [-0.1, -0.05) is 20.8 Å². The van der Waals surface area contributed by atoms with Crippen molar-refractivity contribution in [3.8, 4) is 0 Å². The number of piperidine rings is 1. The van der Waals surface area contributed by atoms with Gasteiger partial charge in [0.25, 0.3) is 0 Å². The SMILES string of the molecule is CC(C)(C)CCS(=O)(=O)N1CCCC(CNC(C)(C)C)C1. The van der Waals surface area contributed by atoms with E-state index in [0.717, 1.165) is 25.8 Å². The summed E-state index contributed by atoms with van der Waals surface area (Å²) in [6, 6.07) is 0. The Bertz CT molecular complexity index is 419. The van der Waals surface area contributed by atoms with Crippen molar-refractivity contribution in [2.24, 2.45) is 11.3 Å². The van der Waals surface area contributed by atoms with Gasteiger partial charge in [-0.15, -0.1) is 0 Å². The first kappa shape index (κ1) is 18.9. The number of rotatable bonds is 5. The maximum atomic E-state index is 12.5. The fourth-order valence-corrected chi connectivity index (χ4v) is 4.43. The van der Waals surface area contributed by atoms with Crippen LogP contribution in [-0.4, -0.2) is 43.6 Å². The molecule has 0 spiro atoms. The van der Waals surface area contributed by atoms with Crippen LogP contribution in [0, 0.1) is 11.3 Å². The third kappa shape index (κ3) is 7.61. The van der Waals surface area contributed by atoms with Gasteiger partial charge in [0, 0.05) is 18.6 Å². The van der Waals surface area contributed by atoms with E-state index in [4.69, 9.17) is 0 Å². The average Bonchev–Trinajstić information content (AvgIpc) is 2.33. The van der Waals surface area contributed by atoms with Gasteiger partial charge < -0.3 is 5.32 Å². The minimum atomic E-state index is -3.10. The van der Waals surface area contributed by atoms with Crippen molar-refractivity contribution in [2.45, 2.75) is 66.3 Å². The summed E-state index contributed by atoms with van der Waals surface area (Å²) < 4.78 is 26.7. The molecule has 0 saturated carbocycles. The molecule has 0 aromatic rings. The summed E-state index contributed by atoms with van der Waals surface area (Å²) >= 11 is 0. The Morgan fingerprint density at radius 2 is 1.76 bits per heavy atom. The molecule has 0 aliphatic carbocycles. The Morgan fingerprint density at radius 3 is 2.29 bits per heavy atom. The van der Waals surface area contributed by atoms with Crippen LogP contribution in [0.15, 0.2) is 0 Å². The molecule has 0 amide bonds. The van der Waals surface area contributed by atoms with Gasteiger partial charge in [0.05, 0.1) is 5.75 Å². The topological polar surface area (TPSA) is 49.4 Å². The van der Waals surface area contributed by atoms with Crippen molar-refractivity contribution in [1.29, 1.82) is 0 Å². The highest BCUT2D eigenvalue weighted by Gasteiger charge is 2.30. The highest BCUT2D eigenvalue weighted by molar-refractivity contribution is 7.89. The van der Waals surface area contributed by atoms with Crippen molar-refractivity contribution < 1.29 is 8.42 Å². The molecule has 1 rings (SSSR count). The summed E-state index contributed by atoms with van der Waals surface area (Å²) in [5.74, 6) is 0.706. The largest absolute Gasteiger partial charge is 0.312 e. The second-order valence-corrected chi connectivity index (χ2v) is 10.7. The molecule has 4 nitrogen and oxygen atoms in total. The van der Waals surface area contributed by atoms with Crippen molar-refractivity contribution in [3.05, 3.63) is 0 Å². The minimum absolute atomic E-state index is 0.0655. The first-order valence-corrected chi connectivity index (χ1v) is 9.73. The monoisotopic (exact) mass is 318 g/mol. The lowest BCUT2D eigenvalue weighted by Gasteiger charge is -2.34. The molecule has 126 valence electrons. The van der Waals surface area contributed by atoms with Crippen LogP contribution >= 0.6 is 0 Å². The van der Waals surface area contributed by atoms with Crippen LogP contribution in [-0.2, 0) is 10.0 Å². The zero-order valence-electron chi connectivity index (χ0n) is 14.7. The van der Waals surface area contributed by atoms with Gasteiger partial charge in [0.1, 0.15) is 0 Å². The lowest BCUT2D eigenvalue weighted by atomic mass is 9.94. The Morgan fingerprint density at radius 1 is 1.14 bits per heavy atom. The molecule has 0 aromatic carbocycles. The van der Waals surface area contributed by atoms with Gasteiger partial charge in [-0.25, -0.2) is 12.7 Å². The van der Waals surface area contributed by atoms with Crippen molar-refractivity contribution in [2.75, 3.05) is 25.4 Å². The predicted octanol–water partition coefficient (Wildman–Crippen LogP) is 2.85. The third-order valence-corrected chi connectivity index (χ3v) is 5.74. The van der Waals surface area contributed by atoms with E-state index in [2.05, 4.69) is 46.9 Å². The molecule has 1 fully saturated rings. The summed E-state index contributed by atoms with van der Waals surface area (Å²) in [7, 11) is -3.10. The Balaban J connectivity index is 2.55. The molecular weight excluding hydrogens is 284 g/mol. The summed E-state index contributed by atoms with van der Waals surface area (Å²) in [4.78, 5) is 0. The molecule has 1 heterocycles. The molecular formula is C16H34N2O2S. The number of nitrogens with one attached hydrogen (secondary N) is 1. The van der Waals surface area contributed by atoms with Crippen LogP contribution in [0.1, 0.15) is 60.8 Å². The maximum absolute atomic E-state index is 12.5. The Kier molecular flexibility index (Phi) is 6.28. The Labute approximate surface area is 131 Å². The van der Waals surface area contributed by atoms with E-state index in [1.54, 1.807) is 4.31 Å². The Hall–Kier alpha value is -0.130. The van der Waals surface area contributed by atoms with Gasteiger partial charge in [-0.05, 0) is 57.9 Å². The number of sulfonamides is 1. The first-order valence-electron chi connectivity index (χ1n) is 8.12. The van der Waals surface area contributed by atoms with E-state index >= 15 is 0 Å². The second kappa shape index (κ2) is 6.97. The molecule has 0 aromatic heterocycles. The molecule has 0 bridgehead atoms. The standard InChI is InChI=1S/C16H34N2O2S/c1-15(2,3)9-11-21(19,20)18-10-7-8-14(13-18)12-17-16(4,5)6/h14,17H,7-13H2,1-6H3. The highest BCUT2D eigenvalue weighted by Crippen LogP contribution is 2.24. The molecule has 1 N–H and O–H groups in total. The van der Waals surface area contributed by atoms with Gasteiger partial charge in [-0.3, -0.25) is 0 Å². The molecule has 1 aliphatic heterocycles. The van der Waals surface area contributed by atoms with Crippen LogP contribution in [0.5, 0.6) is 0 Å². The van der Waals surface area contributed by atoms with Gasteiger partial charge >= 0.3 is 0 Å². The van der Waals surface area contributed by atoms with E-state index in [1.165, 1.54) is 0 Å². The number of hydrogen-bond donors (Lipinski definition) is 1. The summed E-state index contributed by atoms with van der Waals surface area (Å²) in [6.07, 6.45) is 2.82. The van der Waals surface area contributed by atoms with Gasteiger partial charge in [0.2, 0.25) is 10.0 Å². The van der Waals surface area contributed by atoms with E-state index in [0.29, 0.717) is 19.0 Å². The minimum Gasteiger partial charge on any atom is -0.312 e. The number of hydrogen-bond acceptors (Lipinski definition) is 3. The molecule has 1 unspecified atom stereocenters. The van der Waals surface area contributed by atoms with Crippen LogP contribution in [0.25, 0.3) is 0 Å². The zero-order chi connectivity index (χ0) is 16.3. The van der Waals surface area contributed by atoms with Gasteiger partial charge in [-0.2, -0.15) is 0 Å². The summed E-state index contributed by atoms with van der Waals surface area (Å²) in [5, 5.41) is 3.50. The molecule has 1 aliphatic rings. The molecule has 0 radical (unpaired) electrons. The van der Waals surface area contributed by atoms with E-state index in [1.807, 2.05) is 0 Å².